The van der Waals surface area contributed by atoms with E-state index in [2.05, 4.69) is 20.5 Å². The molecule has 140 valence electrons. The summed E-state index contributed by atoms with van der Waals surface area (Å²) in [6.07, 6.45) is 0. The molecule has 2 aromatic heterocycles. The fourth-order valence-corrected chi connectivity index (χ4v) is 2.95. The van der Waals surface area contributed by atoms with Crippen molar-refractivity contribution >= 4 is 0 Å². The van der Waals surface area contributed by atoms with Gasteiger partial charge in [-0.1, -0.05) is 22.5 Å². The van der Waals surface area contributed by atoms with Gasteiger partial charge in [-0.3, -0.25) is 0 Å². The molecule has 0 aliphatic carbocycles. The molecule has 5 rings (SSSR count). The zero-order chi connectivity index (χ0) is 19.1. The Morgan fingerprint density at radius 1 is 1.07 bits per heavy atom. The SMILES string of the molecule is Cc1c(-c2noc(-c3ccc4c(c3)OCO4)n2)nnn1Cc1ccc(F)cc1. The minimum atomic E-state index is -0.275. The van der Waals surface area contributed by atoms with Crippen LogP contribution in [0.4, 0.5) is 4.39 Å². The molecule has 0 fully saturated rings. The molecule has 1 aliphatic rings. The predicted octanol–water partition coefficient (Wildman–Crippen LogP) is 3.22. The number of nitrogens with zero attached hydrogens (tertiary/aromatic N) is 5. The molecule has 4 aromatic rings. The average molecular weight is 379 g/mol. The first-order chi connectivity index (χ1) is 13.7. The normalized spacial score (nSPS) is 12.5. The molecule has 0 bridgehead atoms. The minimum Gasteiger partial charge on any atom is -0.454 e. The maximum absolute atomic E-state index is 13.1. The molecular formula is C19H14FN5O3. The van der Waals surface area contributed by atoms with Gasteiger partial charge in [-0.2, -0.15) is 4.98 Å². The maximum Gasteiger partial charge on any atom is 0.258 e. The first-order valence-electron chi connectivity index (χ1n) is 8.56. The van der Waals surface area contributed by atoms with E-state index in [-0.39, 0.29) is 12.6 Å². The van der Waals surface area contributed by atoms with Gasteiger partial charge in [0, 0.05) is 5.56 Å². The van der Waals surface area contributed by atoms with Gasteiger partial charge in [-0.05, 0) is 42.8 Å². The van der Waals surface area contributed by atoms with Gasteiger partial charge in [0.1, 0.15) is 5.82 Å². The summed E-state index contributed by atoms with van der Waals surface area (Å²) in [4.78, 5) is 4.43. The number of fused-ring (bicyclic) bond motifs is 1. The van der Waals surface area contributed by atoms with Gasteiger partial charge in [0.05, 0.1) is 12.2 Å². The van der Waals surface area contributed by atoms with Crippen LogP contribution in [-0.4, -0.2) is 31.9 Å². The smallest absolute Gasteiger partial charge is 0.258 e. The van der Waals surface area contributed by atoms with Gasteiger partial charge < -0.3 is 14.0 Å². The number of aromatic nitrogens is 5. The van der Waals surface area contributed by atoms with E-state index in [1.807, 2.05) is 13.0 Å². The zero-order valence-electron chi connectivity index (χ0n) is 14.8. The molecule has 8 nitrogen and oxygen atoms in total. The molecule has 9 heteroatoms. The number of ether oxygens (including phenoxy) is 2. The maximum atomic E-state index is 13.1. The molecule has 0 N–H and O–H groups in total. The number of hydrogen-bond donors (Lipinski definition) is 0. The van der Waals surface area contributed by atoms with Gasteiger partial charge in [-0.25, -0.2) is 9.07 Å². The van der Waals surface area contributed by atoms with E-state index >= 15 is 0 Å². The van der Waals surface area contributed by atoms with E-state index in [4.69, 9.17) is 14.0 Å². The molecule has 0 radical (unpaired) electrons. The zero-order valence-corrected chi connectivity index (χ0v) is 14.8. The molecular weight excluding hydrogens is 365 g/mol. The summed E-state index contributed by atoms with van der Waals surface area (Å²) in [5.41, 5.74) is 2.94. The summed E-state index contributed by atoms with van der Waals surface area (Å²) in [5.74, 6) is 1.74. The summed E-state index contributed by atoms with van der Waals surface area (Å²) in [5, 5.41) is 12.4. The monoisotopic (exact) mass is 379 g/mol. The second-order valence-corrected chi connectivity index (χ2v) is 6.30. The van der Waals surface area contributed by atoms with E-state index < -0.39 is 0 Å². The molecule has 28 heavy (non-hydrogen) atoms. The van der Waals surface area contributed by atoms with Crippen LogP contribution in [0.2, 0.25) is 0 Å². The van der Waals surface area contributed by atoms with Crippen molar-refractivity contribution in [1.82, 2.24) is 25.1 Å². The summed E-state index contributed by atoms with van der Waals surface area (Å²) in [7, 11) is 0. The number of hydrogen-bond acceptors (Lipinski definition) is 7. The molecule has 1 aliphatic heterocycles. The first kappa shape index (κ1) is 16.4. The van der Waals surface area contributed by atoms with Crippen LogP contribution >= 0.6 is 0 Å². The fraction of sp³-hybridized carbons (Fsp3) is 0.158. The third kappa shape index (κ3) is 2.86. The Kier molecular flexibility index (Phi) is 3.78. The van der Waals surface area contributed by atoms with E-state index in [0.717, 1.165) is 16.8 Å². The van der Waals surface area contributed by atoms with Crippen molar-refractivity contribution in [1.29, 1.82) is 0 Å². The topological polar surface area (TPSA) is 88.1 Å². The number of benzene rings is 2. The Labute approximate surface area is 158 Å². The van der Waals surface area contributed by atoms with Gasteiger partial charge in [0.15, 0.2) is 17.2 Å². The van der Waals surface area contributed by atoms with E-state index in [9.17, 15) is 4.39 Å². The molecule has 0 saturated carbocycles. The summed E-state index contributed by atoms with van der Waals surface area (Å²) >= 11 is 0. The van der Waals surface area contributed by atoms with Crippen LogP contribution in [0.1, 0.15) is 11.3 Å². The standard InChI is InChI=1S/C19H14FN5O3/c1-11-17(22-24-25(11)9-12-2-5-14(20)6-3-12)18-21-19(28-23-18)13-4-7-15-16(8-13)27-10-26-15/h2-8H,9-10H2,1H3. The second kappa shape index (κ2) is 6.45. The van der Waals surface area contributed by atoms with Crippen molar-refractivity contribution in [3.8, 4) is 34.5 Å². The highest BCUT2D eigenvalue weighted by atomic mass is 19.1. The largest absolute Gasteiger partial charge is 0.454 e. The third-order valence-corrected chi connectivity index (χ3v) is 4.49. The van der Waals surface area contributed by atoms with Crippen LogP contribution in [0, 0.1) is 12.7 Å². The molecule has 0 spiro atoms. The van der Waals surface area contributed by atoms with Gasteiger partial charge in [0.2, 0.25) is 12.6 Å². The van der Waals surface area contributed by atoms with Crippen molar-refractivity contribution < 1.29 is 18.4 Å². The molecule has 0 amide bonds. The third-order valence-electron chi connectivity index (χ3n) is 4.49. The van der Waals surface area contributed by atoms with Crippen molar-refractivity contribution in [2.75, 3.05) is 6.79 Å². The Hall–Kier alpha value is -3.75. The first-order valence-corrected chi connectivity index (χ1v) is 8.56. The van der Waals surface area contributed by atoms with Crippen LogP contribution in [0.3, 0.4) is 0 Å². The highest BCUT2D eigenvalue weighted by Crippen LogP contribution is 2.35. The summed E-state index contributed by atoms with van der Waals surface area (Å²) in [6.45, 7) is 2.53. The van der Waals surface area contributed by atoms with Crippen LogP contribution in [0.25, 0.3) is 23.0 Å². The van der Waals surface area contributed by atoms with Crippen LogP contribution < -0.4 is 9.47 Å². The average Bonchev–Trinajstić information content (AvgIpc) is 3.43. The molecule has 3 heterocycles. The Morgan fingerprint density at radius 2 is 1.89 bits per heavy atom. The van der Waals surface area contributed by atoms with Gasteiger partial charge >= 0.3 is 0 Å². The van der Waals surface area contributed by atoms with Crippen LogP contribution in [-0.2, 0) is 6.54 Å². The highest BCUT2D eigenvalue weighted by molar-refractivity contribution is 5.62. The molecule has 0 unspecified atom stereocenters. The Morgan fingerprint density at radius 3 is 2.75 bits per heavy atom. The summed E-state index contributed by atoms with van der Waals surface area (Å²) < 4.78 is 30.8. The molecule has 0 saturated heterocycles. The Balaban J connectivity index is 1.41. The van der Waals surface area contributed by atoms with E-state index in [0.29, 0.717) is 35.5 Å². The lowest BCUT2D eigenvalue weighted by Gasteiger charge is -2.03. The van der Waals surface area contributed by atoms with E-state index in [1.54, 1.807) is 28.9 Å². The summed E-state index contributed by atoms with van der Waals surface area (Å²) in [6, 6.07) is 11.7. The Bertz CT molecular complexity index is 1150. The van der Waals surface area contributed by atoms with Crippen molar-refractivity contribution in [2.24, 2.45) is 0 Å². The minimum absolute atomic E-state index is 0.199. The van der Waals surface area contributed by atoms with Crippen LogP contribution in [0.5, 0.6) is 11.5 Å². The number of rotatable bonds is 4. The molecule has 0 atom stereocenters. The molecule has 2 aromatic carbocycles. The van der Waals surface area contributed by atoms with Crippen molar-refractivity contribution in [2.45, 2.75) is 13.5 Å². The lowest BCUT2D eigenvalue weighted by molar-refractivity contribution is 0.174. The quantitative estimate of drug-likeness (QED) is 0.538. The number of halogens is 1. The second-order valence-electron chi connectivity index (χ2n) is 6.30. The van der Waals surface area contributed by atoms with Crippen LogP contribution in [0.15, 0.2) is 47.0 Å². The van der Waals surface area contributed by atoms with Crippen molar-refractivity contribution in [3.05, 3.63) is 59.5 Å². The lowest BCUT2D eigenvalue weighted by Crippen LogP contribution is -2.04. The van der Waals surface area contributed by atoms with Crippen molar-refractivity contribution in [3.63, 3.8) is 0 Å². The predicted molar refractivity (Wildman–Crippen MR) is 95.1 cm³/mol. The van der Waals surface area contributed by atoms with Gasteiger partial charge in [0.25, 0.3) is 5.89 Å². The van der Waals surface area contributed by atoms with E-state index in [1.165, 1.54) is 12.1 Å². The van der Waals surface area contributed by atoms with Gasteiger partial charge in [-0.15, -0.1) is 5.10 Å². The fourth-order valence-electron chi connectivity index (χ4n) is 2.95. The lowest BCUT2D eigenvalue weighted by atomic mass is 10.2. The highest BCUT2D eigenvalue weighted by Gasteiger charge is 2.20.